The molecule has 3 rings (SSSR count). The van der Waals surface area contributed by atoms with E-state index in [9.17, 15) is 15.0 Å². The number of benzene rings is 2. The van der Waals surface area contributed by atoms with Crippen LogP contribution in [0.5, 0.6) is 0 Å². The van der Waals surface area contributed by atoms with Gasteiger partial charge in [-0.05, 0) is 42.5 Å². The van der Waals surface area contributed by atoms with Gasteiger partial charge in [-0.1, -0.05) is 68.1 Å². The zero-order valence-electron chi connectivity index (χ0n) is 17.4. The maximum Gasteiger partial charge on any atom is 0.139 e. The summed E-state index contributed by atoms with van der Waals surface area (Å²) in [7, 11) is 0. The largest absolute Gasteiger partial charge is 0.393 e. The van der Waals surface area contributed by atoms with E-state index in [4.69, 9.17) is 0 Å². The lowest BCUT2D eigenvalue weighted by Gasteiger charge is -2.21. The van der Waals surface area contributed by atoms with Crippen molar-refractivity contribution in [1.29, 1.82) is 0 Å². The van der Waals surface area contributed by atoms with E-state index < -0.39 is 12.2 Å². The molecule has 2 aromatic carbocycles. The van der Waals surface area contributed by atoms with Crippen molar-refractivity contribution in [3.05, 3.63) is 48.0 Å². The quantitative estimate of drug-likeness (QED) is 0.499. The van der Waals surface area contributed by atoms with E-state index in [-0.39, 0.29) is 23.4 Å². The van der Waals surface area contributed by atoms with Crippen molar-refractivity contribution in [1.82, 2.24) is 0 Å². The number of carbonyl (C=O) groups excluding carboxylic acids is 1. The highest BCUT2D eigenvalue weighted by atomic mass is 32.2. The van der Waals surface area contributed by atoms with Crippen LogP contribution in [0.3, 0.4) is 0 Å². The third kappa shape index (κ3) is 6.56. The Morgan fingerprint density at radius 3 is 2.55 bits per heavy atom. The highest BCUT2D eigenvalue weighted by Crippen LogP contribution is 2.36. The molecule has 2 unspecified atom stereocenters. The average molecular weight is 415 g/mol. The fraction of sp³-hybridized carbons (Fsp3) is 0.560. The van der Waals surface area contributed by atoms with E-state index in [2.05, 4.69) is 42.5 Å². The zero-order valence-corrected chi connectivity index (χ0v) is 18.2. The van der Waals surface area contributed by atoms with Crippen molar-refractivity contribution in [2.45, 2.75) is 75.7 Å². The summed E-state index contributed by atoms with van der Waals surface area (Å²) in [4.78, 5) is 12.2. The lowest BCUT2D eigenvalue weighted by molar-refractivity contribution is -0.121. The number of aryl methyl sites for hydroxylation is 1. The molecule has 1 aliphatic rings. The molecule has 4 heteroatoms. The molecule has 0 aliphatic heterocycles. The van der Waals surface area contributed by atoms with Crippen molar-refractivity contribution >= 4 is 28.3 Å². The number of carbonyl (C=O) groups is 1. The highest BCUT2D eigenvalue weighted by Gasteiger charge is 2.41. The second-order valence-corrected chi connectivity index (χ2v) is 9.69. The SMILES string of the molecule is CC(O)CS[C@H]1C(O)CC(=O)[C@@H]1CCCCCCCc1ccc2ccccc2c1. The second-order valence-electron chi connectivity index (χ2n) is 8.48. The Hall–Kier alpha value is -1.36. The first-order chi connectivity index (χ1) is 14.0. The van der Waals surface area contributed by atoms with Gasteiger partial charge in [0.1, 0.15) is 5.78 Å². The molecule has 0 saturated heterocycles. The highest BCUT2D eigenvalue weighted by molar-refractivity contribution is 8.00. The van der Waals surface area contributed by atoms with Gasteiger partial charge in [0.2, 0.25) is 0 Å². The number of hydrogen-bond acceptors (Lipinski definition) is 4. The topological polar surface area (TPSA) is 57.5 Å². The number of rotatable bonds is 11. The molecule has 2 N–H and O–H groups in total. The number of unbranched alkanes of at least 4 members (excludes halogenated alkanes) is 4. The van der Waals surface area contributed by atoms with Gasteiger partial charge < -0.3 is 10.2 Å². The van der Waals surface area contributed by atoms with Crippen molar-refractivity contribution in [2.24, 2.45) is 5.92 Å². The first-order valence-corrected chi connectivity index (χ1v) is 12.1. The summed E-state index contributed by atoms with van der Waals surface area (Å²) in [5.74, 6) is 0.753. The molecule has 0 radical (unpaired) electrons. The summed E-state index contributed by atoms with van der Waals surface area (Å²) in [5.41, 5.74) is 1.41. The van der Waals surface area contributed by atoms with Crippen LogP contribution in [0.2, 0.25) is 0 Å². The average Bonchev–Trinajstić information content (AvgIpc) is 2.97. The van der Waals surface area contributed by atoms with Crippen LogP contribution < -0.4 is 0 Å². The normalized spacial score (nSPS) is 23.0. The van der Waals surface area contributed by atoms with E-state index in [1.165, 1.54) is 35.6 Å². The Balaban J connectivity index is 1.33. The summed E-state index contributed by atoms with van der Waals surface area (Å²) >= 11 is 1.56. The number of fused-ring (bicyclic) bond motifs is 1. The van der Waals surface area contributed by atoms with Crippen LogP contribution in [0, 0.1) is 5.92 Å². The van der Waals surface area contributed by atoms with E-state index in [1.54, 1.807) is 18.7 Å². The first-order valence-electron chi connectivity index (χ1n) is 11.0. The van der Waals surface area contributed by atoms with Crippen LogP contribution in [-0.2, 0) is 11.2 Å². The molecule has 3 nitrogen and oxygen atoms in total. The molecular weight excluding hydrogens is 380 g/mol. The molecule has 1 saturated carbocycles. The monoisotopic (exact) mass is 414 g/mol. The van der Waals surface area contributed by atoms with Gasteiger partial charge in [0, 0.05) is 23.3 Å². The Bertz CT molecular complexity index is 788. The maximum absolute atomic E-state index is 12.2. The number of aliphatic hydroxyl groups excluding tert-OH is 2. The van der Waals surface area contributed by atoms with Gasteiger partial charge in [-0.25, -0.2) is 0 Å². The molecule has 29 heavy (non-hydrogen) atoms. The Morgan fingerprint density at radius 2 is 1.76 bits per heavy atom. The summed E-state index contributed by atoms with van der Waals surface area (Å²) < 4.78 is 0. The number of aliphatic hydroxyl groups is 2. The van der Waals surface area contributed by atoms with Crippen molar-refractivity contribution in [3.63, 3.8) is 0 Å². The maximum atomic E-state index is 12.2. The summed E-state index contributed by atoms with van der Waals surface area (Å²) in [6, 6.07) is 15.3. The molecular formula is C25H34O3S. The fourth-order valence-corrected chi connectivity index (χ4v) is 5.69. The van der Waals surface area contributed by atoms with Gasteiger partial charge in [0.15, 0.2) is 0 Å². The number of hydrogen-bond donors (Lipinski definition) is 2. The van der Waals surface area contributed by atoms with Crippen molar-refractivity contribution in [2.75, 3.05) is 5.75 Å². The minimum absolute atomic E-state index is 0.0358. The molecule has 1 aliphatic carbocycles. The fourth-order valence-electron chi connectivity index (χ4n) is 4.35. The van der Waals surface area contributed by atoms with Gasteiger partial charge >= 0.3 is 0 Å². The molecule has 158 valence electrons. The number of thioether (sulfide) groups is 1. The summed E-state index contributed by atoms with van der Waals surface area (Å²) in [6.45, 7) is 1.75. The predicted octanol–water partition coefficient (Wildman–Crippen LogP) is 5.16. The van der Waals surface area contributed by atoms with Gasteiger partial charge in [-0.2, -0.15) is 11.8 Å². The van der Waals surface area contributed by atoms with Crippen LogP contribution >= 0.6 is 11.8 Å². The van der Waals surface area contributed by atoms with E-state index in [0.717, 1.165) is 25.7 Å². The molecule has 0 spiro atoms. The molecule has 0 amide bonds. The molecule has 0 bridgehead atoms. The van der Waals surface area contributed by atoms with Crippen molar-refractivity contribution in [3.8, 4) is 0 Å². The Morgan fingerprint density at radius 1 is 1.03 bits per heavy atom. The van der Waals surface area contributed by atoms with Crippen LogP contribution in [-0.4, -0.2) is 39.2 Å². The van der Waals surface area contributed by atoms with Gasteiger partial charge in [0.05, 0.1) is 12.2 Å². The minimum atomic E-state index is -0.543. The molecule has 4 atom stereocenters. The Labute approximate surface area is 178 Å². The number of Topliss-reactive ketones (excluding diaryl/α,β-unsaturated/α-hetero) is 1. The van der Waals surface area contributed by atoms with Crippen LogP contribution in [0.1, 0.15) is 57.4 Å². The smallest absolute Gasteiger partial charge is 0.139 e. The van der Waals surface area contributed by atoms with Crippen LogP contribution in [0.4, 0.5) is 0 Å². The lowest BCUT2D eigenvalue weighted by Crippen LogP contribution is -2.25. The summed E-state index contributed by atoms with van der Waals surface area (Å²) in [5, 5.41) is 22.2. The van der Waals surface area contributed by atoms with Gasteiger partial charge in [-0.3, -0.25) is 4.79 Å². The third-order valence-corrected chi connectivity index (χ3v) is 7.63. The molecule has 0 aromatic heterocycles. The van der Waals surface area contributed by atoms with E-state index in [0.29, 0.717) is 5.75 Å². The van der Waals surface area contributed by atoms with Gasteiger partial charge in [-0.15, -0.1) is 0 Å². The zero-order chi connectivity index (χ0) is 20.6. The van der Waals surface area contributed by atoms with Crippen LogP contribution in [0.25, 0.3) is 10.8 Å². The summed E-state index contributed by atoms with van der Waals surface area (Å²) in [6.07, 6.45) is 7.14. The number of ketones is 1. The first kappa shape index (κ1) is 22.3. The van der Waals surface area contributed by atoms with E-state index in [1.807, 2.05) is 0 Å². The standard InChI is InChI=1S/C25H34O3S/c1-18(26)17-29-25-22(23(27)16-24(25)28)12-6-4-2-3-5-9-19-13-14-20-10-7-8-11-21(20)15-19/h7-8,10-11,13-15,18,22,24-26,28H,2-6,9,12,16-17H2,1H3/t18?,22-,24?,25+/m0/s1. The Kier molecular flexibility index (Phi) is 8.58. The third-order valence-electron chi connectivity index (χ3n) is 5.92. The second kappa shape index (κ2) is 11.1. The van der Waals surface area contributed by atoms with Crippen LogP contribution in [0.15, 0.2) is 42.5 Å². The lowest BCUT2D eigenvalue weighted by atomic mass is 9.97. The minimum Gasteiger partial charge on any atom is -0.393 e. The predicted molar refractivity (Wildman–Crippen MR) is 122 cm³/mol. The molecule has 2 aromatic rings. The van der Waals surface area contributed by atoms with Crippen molar-refractivity contribution < 1.29 is 15.0 Å². The molecule has 1 fully saturated rings. The van der Waals surface area contributed by atoms with Gasteiger partial charge in [0.25, 0.3) is 0 Å². The molecule has 0 heterocycles. The van der Waals surface area contributed by atoms with E-state index >= 15 is 0 Å².